The normalized spacial score (nSPS) is 10.3. The van der Waals surface area contributed by atoms with Crippen LogP contribution in [0.3, 0.4) is 0 Å². The molecular formula is C14H11BrFNO4. The molecular weight excluding hydrogens is 345 g/mol. The van der Waals surface area contributed by atoms with Crippen molar-refractivity contribution < 1.29 is 18.8 Å². The summed E-state index contributed by atoms with van der Waals surface area (Å²) in [7, 11) is 1.27. The number of nitrogens with zero attached hydrogens (tertiary/aromatic N) is 1. The Balaban J connectivity index is 2.40. The van der Waals surface area contributed by atoms with Gasteiger partial charge in [0.05, 0.1) is 18.1 Å². The van der Waals surface area contributed by atoms with Gasteiger partial charge in [0.2, 0.25) is 5.75 Å². The van der Waals surface area contributed by atoms with Crippen LogP contribution in [0.2, 0.25) is 0 Å². The molecule has 110 valence electrons. The number of hydrogen-bond donors (Lipinski definition) is 0. The van der Waals surface area contributed by atoms with Gasteiger partial charge >= 0.3 is 5.69 Å². The Hall–Kier alpha value is -2.15. The van der Waals surface area contributed by atoms with Crippen LogP contribution < -0.4 is 9.47 Å². The number of hydrogen-bond acceptors (Lipinski definition) is 4. The fourth-order valence-electron chi connectivity index (χ4n) is 1.72. The lowest BCUT2D eigenvalue weighted by Gasteiger charge is -2.10. The van der Waals surface area contributed by atoms with E-state index in [1.807, 2.05) is 6.92 Å². The smallest absolute Gasteiger partial charge is 0.314 e. The van der Waals surface area contributed by atoms with E-state index in [0.29, 0.717) is 5.75 Å². The molecule has 2 aromatic carbocycles. The van der Waals surface area contributed by atoms with Crippen molar-refractivity contribution in [2.24, 2.45) is 0 Å². The molecule has 0 saturated carbocycles. The molecule has 0 aliphatic carbocycles. The molecule has 0 atom stereocenters. The summed E-state index contributed by atoms with van der Waals surface area (Å²) < 4.78 is 25.1. The summed E-state index contributed by atoms with van der Waals surface area (Å²) in [6.45, 7) is 1.86. The van der Waals surface area contributed by atoms with Crippen molar-refractivity contribution in [1.29, 1.82) is 0 Å². The van der Waals surface area contributed by atoms with Gasteiger partial charge in [0.1, 0.15) is 5.75 Å². The van der Waals surface area contributed by atoms with Crippen molar-refractivity contribution in [2.75, 3.05) is 7.11 Å². The van der Waals surface area contributed by atoms with Gasteiger partial charge in [0.25, 0.3) is 0 Å². The lowest BCUT2D eigenvalue weighted by Crippen LogP contribution is -1.97. The van der Waals surface area contributed by atoms with Crippen LogP contribution >= 0.6 is 15.9 Å². The molecule has 0 saturated heterocycles. The maximum absolute atomic E-state index is 13.9. The summed E-state index contributed by atoms with van der Waals surface area (Å²) in [6, 6.07) is 7.08. The van der Waals surface area contributed by atoms with E-state index in [-0.39, 0.29) is 11.5 Å². The highest BCUT2D eigenvalue weighted by molar-refractivity contribution is 9.10. The maximum Gasteiger partial charge on any atom is 0.314 e. The Labute approximate surface area is 128 Å². The molecule has 0 fully saturated rings. The lowest BCUT2D eigenvalue weighted by molar-refractivity contribution is -0.386. The van der Waals surface area contributed by atoms with E-state index in [4.69, 9.17) is 9.47 Å². The molecule has 0 spiro atoms. The van der Waals surface area contributed by atoms with Crippen molar-refractivity contribution in [3.63, 3.8) is 0 Å². The lowest BCUT2D eigenvalue weighted by atomic mass is 10.2. The Morgan fingerprint density at radius 3 is 2.52 bits per heavy atom. The summed E-state index contributed by atoms with van der Waals surface area (Å²) in [5.74, 6) is -0.613. The molecule has 0 aromatic heterocycles. The molecule has 0 aliphatic rings. The SMILES string of the molecule is COc1cc(Oc2ccc(Br)c(C)c2)c(F)cc1[N+](=O)[O-]. The highest BCUT2D eigenvalue weighted by Gasteiger charge is 2.20. The fraction of sp³-hybridized carbons (Fsp3) is 0.143. The molecule has 0 N–H and O–H groups in total. The number of aryl methyl sites for hydroxylation is 1. The third kappa shape index (κ3) is 3.30. The number of halogens is 2. The largest absolute Gasteiger partial charge is 0.490 e. The summed E-state index contributed by atoms with van der Waals surface area (Å²) in [5.41, 5.74) is 0.469. The van der Waals surface area contributed by atoms with Gasteiger partial charge in [-0.2, -0.15) is 0 Å². The van der Waals surface area contributed by atoms with Crippen molar-refractivity contribution in [1.82, 2.24) is 0 Å². The molecule has 0 heterocycles. The number of nitro groups is 1. The fourth-order valence-corrected chi connectivity index (χ4v) is 1.96. The molecule has 7 heteroatoms. The Morgan fingerprint density at radius 2 is 1.95 bits per heavy atom. The first-order valence-corrected chi connectivity index (χ1v) is 6.67. The molecule has 0 aliphatic heterocycles. The molecule has 2 rings (SSSR count). The first-order valence-electron chi connectivity index (χ1n) is 5.88. The summed E-state index contributed by atoms with van der Waals surface area (Å²) in [5, 5.41) is 10.8. The van der Waals surface area contributed by atoms with Gasteiger partial charge in [-0.25, -0.2) is 4.39 Å². The van der Waals surface area contributed by atoms with Gasteiger partial charge in [-0.05, 0) is 30.7 Å². The minimum atomic E-state index is -0.830. The van der Waals surface area contributed by atoms with E-state index < -0.39 is 16.4 Å². The highest BCUT2D eigenvalue weighted by atomic mass is 79.9. The van der Waals surface area contributed by atoms with Gasteiger partial charge in [0.15, 0.2) is 11.6 Å². The second-order valence-corrected chi connectivity index (χ2v) is 5.08. The Kier molecular flexibility index (Phi) is 4.42. The highest BCUT2D eigenvalue weighted by Crippen LogP contribution is 2.36. The third-order valence-corrected chi connectivity index (χ3v) is 3.68. The average Bonchev–Trinajstić information content (AvgIpc) is 2.44. The van der Waals surface area contributed by atoms with Gasteiger partial charge in [-0.15, -0.1) is 0 Å². The van der Waals surface area contributed by atoms with Crippen LogP contribution in [0, 0.1) is 22.9 Å². The van der Waals surface area contributed by atoms with Crippen molar-refractivity contribution in [2.45, 2.75) is 6.92 Å². The standard InChI is InChI=1S/C14H11BrFNO4/c1-8-5-9(3-4-10(8)15)21-13-7-14(20-2)12(17(18)19)6-11(13)16/h3-7H,1-2H3. The molecule has 0 amide bonds. The molecule has 0 unspecified atom stereocenters. The van der Waals surface area contributed by atoms with Crippen LogP contribution in [-0.2, 0) is 0 Å². The number of ether oxygens (including phenoxy) is 2. The number of nitro benzene ring substituents is 1. The van der Waals surface area contributed by atoms with Gasteiger partial charge in [-0.1, -0.05) is 15.9 Å². The average molecular weight is 356 g/mol. The van der Waals surface area contributed by atoms with Crippen LogP contribution in [0.1, 0.15) is 5.56 Å². The summed E-state index contributed by atoms with van der Waals surface area (Å²) in [6.07, 6.45) is 0. The van der Waals surface area contributed by atoms with E-state index in [1.165, 1.54) is 7.11 Å². The van der Waals surface area contributed by atoms with Crippen LogP contribution in [0.4, 0.5) is 10.1 Å². The van der Waals surface area contributed by atoms with Crippen molar-refractivity contribution in [3.8, 4) is 17.2 Å². The topological polar surface area (TPSA) is 61.6 Å². The van der Waals surface area contributed by atoms with Crippen molar-refractivity contribution >= 4 is 21.6 Å². The van der Waals surface area contributed by atoms with Gasteiger partial charge in [0, 0.05) is 10.5 Å². The number of benzene rings is 2. The van der Waals surface area contributed by atoms with E-state index in [9.17, 15) is 14.5 Å². The van der Waals surface area contributed by atoms with Gasteiger partial charge < -0.3 is 9.47 Å². The predicted molar refractivity (Wildman–Crippen MR) is 78.6 cm³/mol. The predicted octanol–water partition coefficient (Wildman–Crippen LogP) is 4.61. The summed E-state index contributed by atoms with van der Waals surface area (Å²) in [4.78, 5) is 10.1. The van der Waals surface area contributed by atoms with E-state index in [1.54, 1.807) is 18.2 Å². The van der Waals surface area contributed by atoms with Crippen LogP contribution in [-0.4, -0.2) is 12.0 Å². The molecule has 0 bridgehead atoms. The first-order chi connectivity index (χ1) is 9.92. The Morgan fingerprint density at radius 1 is 1.24 bits per heavy atom. The zero-order chi connectivity index (χ0) is 15.6. The molecule has 0 radical (unpaired) electrons. The van der Waals surface area contributed by atoms with E-state index in [2.05, 4.69) is 15.9 Å². The zero-order valence-electron chi connectivity index (χ0n) is 11.2. The first kappa shape index (κ1) is 15.2. The second kappa shape index (κ2) is 6.09. The maximum atomic E-state index is 13.9. The second-order valence-electron chi connectivity index (χ2n) is 4.22. The van der Waals surface area contributed by atoms with E-state index in [0.717, 1.165) is 22.2 Å². The summed E-state index contributed by atoms with van der Waals surface area (Å²) >= 11 is 3.35. The minimum Gasteiger partial charge on any atom is -0.490 e. The molecule has 2 aromatic rings. The van der Waals surface area contributed by atoms with Crippen LogP contribution in [0.5, 0.6) is 17.2 Å². The zero-order valence-corrected chi connectivity index (χ0v) is 12.8. The minimum absolute atomic E-state index is 0.0646. The van der Waals surface area contributed by atoms with Crippen molar-refractivity contribution in [3.05, 3.63) is 56.3 Å². The monoisotopic (exact) mass is 355 g/mol. The molecule has 21 heavy (non-hydrogen) atoms. The third-order valence-electron chi connectivity index (χ3n) is 2.79. The Bertz CT molecular complexity index is 706. The van der Waals surface area contributed by atoms with Crippen LogP contribution in [0.15, 0.2) is 34.8 Å². The molecule has 5 nitrogen and oxygen atoms in total. The van der Waals surface area contributed by atoms with E-state index >= 15 is 0 Å². The number of methoxy groups -OCH3 is 1. The van der Waals surface area contributed by atoms with Crippen LogP contribution in [0.25, 0.3) is 0 Å². The van der Waals surface area contributed by atoms with Gasteiger partial charge in [-0.3, -0.25) is 10.1 Å². The number of rotatable bonds is 4. The quantitative estimate of drug-likeness (QED) is 0.593.